The molecule has 0 radical (unpaired) electrons. The molecular formula is C24H23N. The van der Waals surface area contributed by atoms with E-state index < -0.39 is 0 Å². The van der Waals surface area contributed by atoms with Gasteiger partial charge in [0.15, 0.2) is 0 Å². The second-order valence-electron chi connectivity index (χ2n) is 6.90. The standard InChI is InChI=1S/C24H23N/c1-16-14-19-9-4-6-12-21(19)23(17(16)2)15-24(25)22-13-7-10-18-8-3-5-11-20(18)22/h3-14,24H,15,25H2,1-2H3. The quantitative estimate of drug-likeness (QED) is 0.502. The van der Waals surface area contributed by atoms with Crippen molar-refractivity contribution < 1.29 is 0 Å². The molecule has 0 spiro atoms. The minimum absolute atomic E-state index is 0.0185. The molecule has 1 nitrogen and oxygen atoms in total. The van der Waals surface area contributed by atoms with Crippen molar-refractivity contribution in [3.63, 3.8) is 0 Å². The Hall–Kier alpha value is -2.64. The monoisotopic (exact) mass is 325 g/mol. The maximum atomic E-state index is 6.70. The predicted molar refractivity (Wildman–Crippen MR) is 108 cm³/mol. The van der Waals surface area contributed by atoms with E-state index in [1.807, 2.05) is 0 Å². The average molecular weight is 325 g/mol. The number of hydrogen-bond donors (Lipinski definition) is 1. The van der Waals surface area contributed by atoms with E-state index in [-0.39, 0.29) is 6.04 Å². The number of hydrogen-bond acceptors (Lipinski definition) is 1. The highest BCUT2D eigenvalue weighted by molar-refractivity contribution is 5.89. The summed E-state index contributed by atoms with van der Waals surface area (Å²) in [6.07, 6.45) is 0.849. The van der Waals surface area contributed by atoms with E-state index in [1.165, 1.54) is 43.8 Å². The van der Waals surface area contributed by atoms with E-state index in [0.717, 1.165) is 6.42 Å². The zero-order chi connectivity index (χ0) is 17.4. The zero-order valence-corrected chi connectivity index (χ0v) is 14.8. The van der Waals surface area contributed by atoms with Crippen LogP contribution in [-0.4, -0.2) is 0 Å². The van der Waals surface area contributed by atoms with Gasteiger partial charge in [0.1, 0.15) is 0 Å². The summed E-state index contributed by atoms with van der Waals surface area (Å²) in [5, 5.41) is 5.13. The molecular weight excluding hydrogens is 302 g/mol. The first kappa shape index (κ1) is 15.9. The van der Waals surface area contributed by atoms with E-state index >= 15 is 0 Å². The number of nitrogens with two attached hydrogens (primary N) is 1. The van der Waals surface area contributed by atoms with Crippen LogP contribution in [-0.2, 0) is 6.42 Å². The van der Waals surface area contributed by atoms with E-state index in [4.69, 9.17) is 5.73 Å². The molecule has 2 N–H and O–H groups in total. The Kier molecular flexibility index (Phi) is 4.03. The van der Waals surface area contributed by atoms with Crippen LogP contribution in [0.3, 0.4) is 0 Å². The summed E-state index contributed by atoms with van der Waals surface area (Å²) >= 11 is 0. The zero-order valence-electron chi connectivity index (χ0n) is 14.8. The molecule has 25 heavy (non-hydrogen) atoms. The number of aryl methyl sites for hydroxylation is 1. The van der Waals surface area contributed by atoms with Crippen molar-refractivity contribution in [2.45, 2.75) is 26.3 Å². The van der Waals surface area contributed by atoms with Gasteiger partial charge in [0.25, 0.3) is 0 Å². The van der Waals surface area contributed by atoms with Crippen molar-refractivity contribution in [2.75, 3.05) is 0 Å². The van der Waals surface area contributed by atoms with E-state index in [0.29, 0.717) is 0 Å². The fourth-order valence-electron chi connectivity index (χ4n) is 3.85. The van der Waals surface area contributed by atoms with Crippen molar-refractivity contribution in [3.8, 4) is 0 Å². The van der Waals surface area contributed by atoms with Gasteiger partial charge in [-0.3, -0.25) is 0 Å². The highest BCUT2D eigenvalue weighted by atomic mass is 14.6. The van der Waals surface area contributed by atoms with Crippen LogP contribution in [0.5, 0.6) is 0 Å². The normalized spacial score (nSPS) is 12.6. The van der Waals surface area contributed by atoms with Crippen LogP contribution in [0, 0.1) is 13.8 Å². The summed E-state index contributed by atoms with van der Waals surface area (Å²) in [6, 6.07) is 25.8. The predicted octanol–water partition coefficient (Wildman–Crippen LogP) is 5.85. The Labute approximate surface area is 149 Å². The molecule has 0 fully saturated rings. The first-order valence-corrected chi connectivity index (χ1v) is 8.86. The third-order valence-corrected chi connectivity index (χ3v) is 5.35. The molecule has 4 aromatic carbocycles. The molecule has 4 aromatic rings. The minimum Gasteiger partial charge on any atom is -0.324 e. The summed E-state index contributed by atoms with van der Waals surface area (Å²) in [6.45, 7) is 4.40. The maximum Gasteiger partial charge on any atom is 0.0342 e. The molecule has 0 aliphatic rings. The smallest absolute Gasteiger partial charge is 0.0342 e. The van der Waals surface area contributed by atoms with Crippen LogP contribution in [0.15, 0.2) is 72.8 Å². The Balaban J connectivity index is 1.82. The lowest BCUT2D eigenvalue weighted by Gasteiger charge is -2.19. The lowest BCUT2D eigenvalue weighted by Crippen LogP contribution is -2.15. The van der Waals surface area contributed by atoms with Gasteiger partial charge in [-0.15, -0.1) is 0 Å². The lowest BCUT2D eigenvalue weighted by molar-refractivity contribution is 0.728. The molecule has 0 amide bonds. The molecule has 0 heterocycles. The van der Waals surface area contributed by atoms with Crippen LogP contribution in [0.1, 0.15) is 28.3 Å². The Morgan fingerprint density at radius 3 is 2.20 bits per heavy atom. The summed E-state index contributed by atoms with van der Waals surface area (Å²) in [5.41, 5.74) is 12.0. The van der Waals surface area contributed by atoms with Crippen LogP contribution >= 0.6 is 0 Å². The fourth-order valence-corrected chi connectivity index (χ4v) is 3.85. The van der Waals surface area contributed by atoms with Gasteiger partial charge in [-0.2, -0.15) is 0 Å². The Morgan fingerprint density at radius 2 is 1.40 bits per heavy atom. The molecule has 0 saturated heterocycles. The van der Waals surface area contributed by atoms with Gasteiger partial charge in [-0.1, -0.05) is 72.8 Å². The Bertz CT molecular complexity index is 1060. The number of fused-ring (bicyclic) bond motifs is 2. The molecule has 1 unspecified atom stereocenters. The van der Waals surface area contributed by atoms with Crippen LogP contribution in [0.4, 0.5) is 0 Å². The molecule has 0 aliphatic heterocycles. The average Bonchev–Trinajstić information content (AvgIpc) is 2.64. The molecule has 0 saturated carbocycles. The second kappa shape index (κ2) is 6.34. The molecule has 1 heteroatoms. The van der Waals surface area contributed by atoms with Crippen molar-refractivity contribution >= 4 is 21.5 Å². The van der Waals surface area contributed by atoms with E-state index in [2.05, 4.69) is 86.6 Å². The van der Waals surface area contributed by atoms with Crippen LogP contribution in [0.2, 0.25) is 0 Å². The number of benzene rings is 4. The topological polar surface area (TPSA) is 26.0 Å². The van der Waals surface area contributed by atoms with Gasteiger partial charge in [-0.25, -0.2) is 0 Å². The van der Waals surface area contributed by atoms with Crippen molar-refractivity contribution in [1.29, 1.82) is 0 Å². The van der Waals surface area contributed by atoms with Crippen molar-refractivity contribution in [2.24, 2.45) is 5.73 Å². The first-order chi connectivity index (χ1) is 12.1. The van der Waals surface area contributed by atoms with Gasteiger partial charge in [0.2, 0.25) is 0 Å². The number of rotatable bonds is 3. The van der Waals surface area contributed by atoms with E-state index in [9.17, 15) is 0 Å². The van der Waals surface area contributed by atoms with Gasteiger partial charge in [0, 0.05) is 6.04 Å². The maximum absolute atomic E-state index is 6.70. The molecule has 0 aliphatic carbocycles. The van der Waals surface area contributed by atoms with Gasteiger partial charge < -0.3 is 5.73 Å². The fraction of sp³-hybridized carbons (Fsp3) is 0.167. The summed E-state index contributed by atoms with van der Waals surface area (Å²) in [5.74, 6) is 0. The third-order valence-electron chi connectivity index (χ3n) is 5.35. The van der Waals surface area contributed by atoms with Gasteiger partial charge >= 0.3 is 0 Å². The highest BCUT2D eigenvalue weighted by Crippen LogP contribution is 2.31. The third kappa shape index (κ3) is 2.81. The molecule has 1 atom stereocenters. The highest BCUT2D eigenvalue weighted by Gasteiger charge is 2.15. The van der Waals surface area contributed by atoms with Crippen molar-refractivity contribution in [1.82, 2.24) is 0 Å². The van der Waals surface area contributed by atoms with Gasteiger partial charge in [-0.05, 0) is 64.1 Å². The van der Waals surface area contributed by atoms with Crippen LogP contribution in [0.25, 0.3) is 21.5 Å². The Morgan fingerprint density at radius 1 is 0.760 bits per heavy atom. The SMILES string of the molecule is Cc1cc2ccccc2c(CC(N)c2cccc3ccccc23)c1C. The second-order valence-corrected chi connectivity index (χ2v) is 6.90. The van der Waals surface area contributed by atoms with Crippen LogP contribution < -0.4 is 5.73 Å². The summed E-state index contributed by atoms with van der Waals surface area (Å²) in [7, 11) is 0. The molecule has 0 bridgehead atoms. The lowest BCUT2D eigenvalue weighted by atomic mass is 9.88. The summed E-state index contributed by atoms with van der Waals surface area (Å²) < 4.78 is 0. The first-order valence-electron chi connectivity index (χ1n) is 8.86. The van der Waals surface area contributed by atoms with Crippen molar-refractivity contribution in [3.05, 3.63) is 95.1 Å². The van der Waals surface area contributed by atoms with E-state index in [1.54, 1.807) is 0 Å². The molecule has 0 aromatic heterocycles. The minimum atomic E-state index is -0.0185. The van der Waals surface area contributed by atoms with Gasteiger partial charge in [0.05, 0.1) is 0 Å². The largest absolute Gasteiger partial charge is 0.324 e. The molecule has 124 valence electrons. The summed E-state index contributed by atoms with van der Waals surface area (Å²) in [4.78, 5) is 0. The molecule has 4 rings (SSSR count).